The van der Waals surface area contributed by atoms with Gasteiger partial charge in [0.05, 0.1) is 0 Å². The molecule has 34 heavy (non-hydrogen) atoms. The molecule has 8 heteroatoms. The molecule has 3 aromatic carbocycles. The fourth-order valence-corrected chi connectivity index (χ4v) is 3.53. The van der Waals surface area contributed by atoms with E-state index in [2.05, 4.69) is 5.32 Å². The van der Waals surface area contributed by atoms with Crippen molar-refractivity contribution in [1.82, 2.24) is 0 Å². The molecule has 0 radical (unpaired) electrons. The molecule has 1 amide bonds. The number of phenolic OH excluding ortho intramolecular Hbond substituents is 1. The lowest BCUT2D eigenvalue weighted by molar-refractivity contribution is -0.131. The minimum Gasteiger partial charge on any atom is -0.507 e. The molecule has 0 aliphatic carbocycles. The number of aliphatic carboxylic acids is 1. The van der Waals surface area contributed by atoms with Crippen LogP contribution in [-0.2, 0) is 14.3 Å². The van der Waals surface area contributed by atoms with Crippen LogP contribution < -0.4 is 5.32 Å². The van der Waals surface area contributed by atoms with E-state index in [4.69, 9.17) is 14.6 Å². The Kier molecular flexibility index (Phi) is 8.00. The van der Waals surface area contributed by atoms with Crippen molar-refractivity contribution in [1.29, 1.82) is 0 Å². The van der Waals surface area contributed by atoms with Crippen molar-refractivity contribution >= 4 is 34.3 Å². The van der Waals surface area contributed by atoms with Crippen LogP contribution in [0.15, 0.2) is 72.8 Å². The lowest BCUT2D eigenvalue weighted by Gasteiger charge is -2.26. The molecule has 8 nitrogen and oxygen atoms in total. The highest BCUT2D eigenvalue weighted by Gasteiger charge is 2.28. The summed E-state index contributed by atoms with van der Waals surface area (Å²) in [4.78, 5) is 35.4. The minimum atomic E-state index is -1.17. The molecule has 0 aliphatic heterocycles. The third-order valence-electron chi connectivity index (χ3n) is 5.10. The standard InChI is InChI=1S/C26H25NO7/c1-3-33-23(14-15-24(30)31)25(21-12-13-22(29)20-7-5-4-6-19(20)21)34-26(32)27-18-10-8-17(9-11-18)16(2)28/h4-15,23,25,29H,3H2,1-2H3,(H,27,32)(H,30,31)/b15-14+/t23-,25-/m0/s1. The summed E-state index contributed by atoms with van der Waals surface area (Å²) in [5.74, 6) is -1.21. The molecule has 0 heterocycles. The van der Waals surface area contributed by atoms with Gasteiger partial charge >= 0.3 is 12.1 Å². The molecule has 0 unspecified atom stereocenters. The van der Waals surface area contributed by atoms with Gasteiger partial charge in [0.2, 0.25) is 0 Å². The van der Waals surface area contributed by atoms with E-state index >= 15 is 0 Å². The number of carbonyl (C=O) groups excluding carboxylic acids is 2. The number of anilines is 1. The van der Waals surface area contributed by atoms with Gasteiger partial charge in [0.25, 0.3) is 0 Å². The van der Waals surface area contributed by atoms with E-state index in [9.17, 15) is 19.5 Å². The Morgan fingerprint density at radius 2 is 1.68 bits per heavy atom. The van der Waals surface area contributed by atoms with Crippen molar-refractivity contribution < 1.29 is 34.1 Å². The Balaban J connectivity index is 1.98. The van der Waals surface area contributed by atoms with E-state index in [-0.39, 0.29) is 18.1 Å². The van der Waals surface area contributed by atoms with E-state index in [0.29, 0.717) is 27.6 Å². The van der Waals surface area contributed by atoms with Crippen LogP contribution in [0, 0.1) is 0 Å². The van der Waals surface area contributed by atoms with Crippen molar-refractivity contribution in [2.45, 2.75) is 26.1 Å². The third-order valence-corrected chi connectivity index (χ3v) is 5.10. The second-order valence-electron chi connectivity index (χ2n) is 7.42. The number of nitrogens with one attached hydrogen (secondary N) is 1. The molecule has 0 saturated heterocycles. The predicted octanol–water partition coefficient (Wildman–Crippen LogP) is 5.08. The first-order valence-corrected chi connectivity index (χ1v) is 10.6. The SMILES string of the molecule is CCO[C@@H](/C=C/C(=O)O)[C@@H](OC(=O)Nc1ccc(C(C)=O)cc1)c1ccc(O)c2ccccc12. The molecule has 0 aromatic heterocycles. The zero-order valence-electron chi connectivity index (χ0n) is 18.7. The summed E-state index contributed by atoms with van der Waals surface area (Å²) in [5.41, 5.74) is 1.45. The van der Waals surface area contributed by atoms with E-state index < -0.39 is 24.3 Å². The second kappa shape index (κ2) is 11.1. The molecule has 0 spiro atoms. The molecule has 0 fully saturated rings. The molecular weight excluding hydrogens is 438 g/mol. The number of hydrogen-bond acceptors (Lipinski definition) is 6. The number of carboxylic acids is 1. The van der Waals surface area contributed by atoms with Gasteiger partial charge in [-0.15, -0.1) is 0 Å². The molecule has 0 saturated carbocycles. The molecule has 0 bridgehead atoms. The van der Waals surface area contributed by atoms with E-state index in [1.165, 1.54) is 19.1 Å². The zero-order valence-corrected chi connectivity index (χ0v) is 18.7. The van der Waals surface area contributed by atoms with E-state index in [0.717, 1.165) is 6.08 Å². The summed E-state index contributed by atoms with van der Waals surface area (Å²) in [6.45, 7) is 3.42. The summed E-state index contributed by atoms with van der Waals surface area (Å²) in [7, 11) is 0. The summed E-state index contributed by atoms with van der Waals surface area (Å²) in [6.07, 6.45) is -0.506. The Hall–Kier alpha value is -4.17. The number of rotatable bonds is 9. The maximum Gasteiger partial charge on any atom is 0.412 e. The predicted molar refractivity (Wildman–Crippen MR) is 127 cm³/mol. The Labute approximate surface area is 196 Å². The molecule has 0 aliphatic rings. The maximum atomic E-state index is 12.8. The number of hydrogen-bond donors (Lipinski definition) is 3. The van der Waals surface area contributed by atoms with E-state index in [1.54, 1.807) is 61.5 Å². The van der Waals surface area contributed by atoms with Crippen LogP contribution in [0.3, 0.4) is 0 Å². The quantitative estimate of drug-likeness (QED) is 0.299. The fraction of sp³-hybridized carbons (Fsp3) is 0.192. The van der Waals surface area contributed by atoms with E-state index in [1.807, 2.05) is 0 Å². The number of benzene rings is 3. The smallest absolute Gasteiger partial charge is 0.412 e. The van der Waals surface area contributed by atoms with Crippen LogP contribution in [0.1, 0.15) is 35.9 Å². The molecule has 3 aromatic rings. The van der Waals surface area contributed by atoms with Crippen molar-refractivity contribution in [3.8, 4) is 5.75 Å². The van der Waals surface area contributed by atoms with Crippen LogP contribution in [0.5, 0.6) is 5.75 Å². The summed E-state index contributed by atoms with van der Waals surface area (Å²) in [5, 5.41) is 23.2. The largest absolute Gasteiger partial charge is 0.507 e. The van der Waals surface area contributed by atoms with Crippen LogP contribution in [0.2, 0.25) is 0 Å². The van der Waals surface area contributed by atoms with Crippen LogP contribution >= 0.6 is 0 Å². The number of Topliss-reactive ketones (excluding diaryl/α,β-unsaturated/α-hetero) is 1. The maximum absolute atomic E-state index is 12.8. The van der Waals surface area contributed by atoms with Gasteiger partial charge in [-0.3, -0.25) is 10.1 Å². The number of ketones is 1. The Morgan fingerprint density at radius 1 is 1.00 bits per heavy atom. The first kappa shape index (κ1) is 24.5. The van der Waals surface area contributed by atoms with Gasteiger partial charge < -0.3 is 19.7 Å². The van der Waals surface area contributed by atoms with Gasteiger partial charge in [0.1, 0.15) is 11.9 Å². The number of phenols is 1. The Morgan fingerprint density at radius 3 is 2.29 bits per heavy atom. The lowest BCUT2D eigenvalue weighted by atomic mass is 9.96. The van der Waals surface area contributed by atoms with Crippen LogP contribution in [-0.4, -0.2) is 40.8 Å². The van der Waals surface area contributed by atoms with Crippen LogP contribution in [0.25, 0.3) is 10.8 Å². The van der Waals surface area contributed by atoms with Crippen molar-refractivity contribution in [2.24, 2.45) is 0 Å². The first-order valence-electron chi connectivity index (χ1n) is 10.6. The number of carboxylic acid groups (broad SMARTS) is 1. The first-order chi connectivity index (χ1) is 16.3. The van der Waals surface area contributed by atoms with Crippen molar-refractivity contribution in [3.63, 3.8) is 0 Å². The van der Waals surface area contributed by atoms with Crippen molar-refractivity contribution in [3.05, 3.63) is 83.9 Å². The zero-order chi connectivity index (χ0) is 24.7. The number of aromatic hydroxyl groups is 1. The van der Waals surface area contributed by atoms with Gasteiger partial charge in [-0.1, -0.05) is 30.3 Å². The van der Waals surface area contributed by atoms with Gasteiger partial charge in [0, 0.05) is 34.9 Å². The van der Waals surface area contributed by atoms with Gasteiger partial charge in [-0.2, -0.15) is 0 Å². The number of fused-ring (bicyclic) bond motifs is 1. The fourth-order valence-electron chi connectivity index (χ4n) is 3.53. The molecular formula is C26H25NO7. The number of carbonyl (C=O) groups is 3. The second-order valence-corrected chi connectivity index (χ2v) is 7.42. The molecule has 3 rings (SSSR count). The highest BCUT2D eigenvalue weighted by atomic mass is 16.6. The number of ether oxygens (including phenoxy) is 2. The van der Waals surface area contributed by atoms with Gasteiger partial charge in [0.15, 0.2) is 11.9 Å². The molecule has 2 atom stereocenters. The minimum absolute atomic E-state index is 0.0575. The molecule has 3 N–H and O–H groups in total. The normalized spacial score (nSPS) is 12.9. The van der Waals surface area contributed by atoms with Crippen molar-refractivity contribution in [2.75, 3.05) is 11.9 Å². The Bertz CT molecular complexity index is 1220. The summed E-state index contributed by atoms with van der Waals surface area (Å²) >= 11 is 0. The third kappa shape index (κ3) is 5.99. The van der Waals surface area contributed by atoms with Gasteiger partial charge in [-0.25, -0.2) is 9.59 Å². The summed E-state index contributed by atoms with van der Waals surface area (Å²) in [6, 6.07) is 16.5. The highest BCUT2D eigenvalue weighted by molar-refractivity contribution is 5.95. The van der Waals surface area contributed by atoms with Gasteiger partial charge in [-0.05, 0) is 55.6 Å². The monoisotopic (exact) mass is 463 g/mol. The molecule has 176 valence electrons. The number of amides is 1. The average molecular weight is 463 g/mol. The highest BCUT2D eigenvalue weighted by Crippen LogP contribution is 2.35. The van der Waals surface area contributed by atoms with Crippen LogP contribution in [0.4, 0.5) is 10.5 Å². The summed E-state index contributed by atoms with van der Waals surface area (Å²) < 4.78 is 11.5. The lowest BCUT2D eigenvalue weighted by Crippen LogP contribution is -2.28. The topological polar surface area (TPSA) is 122 Å². The average Bonchev–Trinajstić information content (AvgIpc) is 2.81.